The Balaban J connectivity index is 1.29. The Kier molecular flexibility index (Phi) is 7.15. The smallest absolute Gasteiger partial charge is 0.138 e. The molecule has 240 valence electrons. The number of rotatable bonds is 7. The highest BCUT2D eigenvalue weighted by Gasteiger charge is 2.23. The van der Waals surface area contributed by atoms with Crippen LogP contribution in [0.3, 0.4) is 0 Å². The van der Waals surface area contributed by atoms with Gasteiger partial charge in [0.2, 0.25) is 0 Å². The van der Waals surface area contributed by atoms with Crippen molar-refractivity contribution in [3.8, 4) is 0 Å². The van der Waals surface area contributed by atoms with Gasteiger partial charge in [0, 0.05) is 39.4 Å². The molecule has 1 heterocycles. The summed E-state index contributed by atoms with van der Waals surface area (Å²) in [7, 11) is -1.44. The number of anilines is 6. The molecule has 3 nitrogen and oxygen atoms in total. The topological polar surface area (TPSA) is 19.4 Å². The fraction of sp³-hybridized carbons (Fsp3) is 0.0652. The van der Waals surface area contributed by atoms with E-state index in [0.717, 1.165) is 34.0 Å². The van der Waals surface area contributed by atoms with Crippen LogP contribution < -0.4 is 15.0 Å². The van der Waals surface area contributed by atoms with Crippen molar-refractivity contribution in [3.05, 3.63) is 170 Å². The lowest BCUT2D eigenvalue weighted by Crippen LogP contribution is -2.37. The zero-order valence-electron chi connectivity index (χ0n) is 28.5. The molecule has 0 unspecified atom stereocenters. The quantitative estimate of drug-likeness (QED) is 0.125. The van der Waals surface area contributed by atoms with Crippen LogP contribution in [0.2, 0.25) is 19.6 Å². The van der Waals surface area contributed by atoms with E-state index in [1.807, 2.05) is 6.20 Å². The second-order valence-corrected chi connectivity index (χ2v) is 19.2. The molecule has 0 amide bonds. The molecule has 0 N–H and O–H groups in total. The number of pyridine rings is 1. The van der Waals surface area contributed by atoms with Gasteiger partial charge in [-0.2, -0.15) is 0 Å². The van der Waals surface area contributed by atoms with Crippen molar-refractivity contribution >= 4 is 90.6 Å². The minimum absolute atomic E-state index is 0.891. The average Bonchev–Trinajstić information content (AvgIpc) is 3.15. The molecule has 0 bridgehead atoms. The first-order valence-electron chi connectivity index (χ1n) is 17.3. The summed E-state index contributed by atoms with van der Waals surface area (Å²) in [6.07, 6.45) is 1.98. The molecule has 9 aromatic rings. The highest BCUT2D eigenvalue weighted by Crippen LogP contribution is 2.47. The van der Waals surface area contributed by atoms with E-state index in [-0.39, 0.29) is 0 Å². The van der Waals surface area contributed by atoms with E-state index < -0.39 is 8.07 Å². The molecule has 0 aliphatic rings. The molecular weight excluding hydrogens is 623 g/mol. The van der Waals surface area contributed by atoms with Crippen molar-refractivity contribution in [2.24, 2.45) is 0 Å². The van der Waals surface area contributed by atoms with Crippen molar-refractivity contribution in [2.45, 2.75) is 19.6 Å². The molecule has 9 rings (SSSR count). The van der Waals surface area contributed by atoms with Gasteiger partial charge in [0.05, 0.1) is 19.4 Å². The highest BCUT2D eigenvalue weighted by atomic mass is 28.3. The molecule has 0 saturated heterocycles. The zero-order chi connectivity index (χ0) is 33.8. The fourth-order valence-electron chi connectivity index (χ4n) is 7.44. The average molecular weight is 660 g/mol. The molecule has 0 fully saturated rings. The minimum Gasteiger partial charge on any atom is -0.310 e. The Bertz CT molecular complexity index is 2630. The highest BCUT2D eigenvalue weighted by molar-refractivity contribution is 6.88. The normalized spacial score (nSPS) is 11.9. The largest absolute Gasteiger partial charge is 0.310 e. The van der Waals surface area contributed by atoms with Gasteiger partial charge in [-0.25, -0.2) is 4.98 Å². The summed E-state index contributed by atoms with van der Waals surface area (Å²) >= 11 is 0. The zero-order valence-corrected chi connectivity index (χ0v) is 29.5. The Labute approximate surface area is 294 Å². The molecule has 1 aromatic heterocycles. The van der Waals surface area contributed by atoms with Crippen LogP contribution in [0.5, 0.6) is 0 Å². The molecule has 0 atom stereocenters. The van der Waals surface area contributed by atoms with E-state index >= 15 is 0 Å². The Morgan fingerprint density at radius 2 is 0.900 bits per heavy atom. The van der Waals surface area contributed by atoms with Gasteiger partial charge in [0.25, 0.3) is 0 Å². The predicted molar refractivity (Wildman–Crippen MR) is 218 cm³/mol. The maximum Gasteiger partial charge on any atom is 0.138 e. The van der Waals surface area contributed by atoms with Crippen molar-refractivity contribution < 1.29 is 0 Å². The van der Waals surface area contributed by atoms with Gasteiger partial charge in [-0.1, -0.05) is 134 Å². The number of nitrogens with zero attached hydrogens (tertiary/aromatic N) is 3. The lowest BCUT2D eigenvalue weighted by atomic mass is 9.92. The van der Waals surface area contributed by atoms with Crippen LogP contribution >= 0.6 is 0 Å². The van der Waals surface area contributed by atoms with Gasteiger partial charge in [-0.05, 0) is 81.5 Å². The number of aromatic nitrogens is 1. The summed E-state index contributed by atoms with van der Waals surface area (Å²) in [4.78, 5) is 9.73. The first kappa shape index (κ1) is 30.1. The van der Waals surface area contributed by atoms with E-state index in [0.29, 0.717) is 0 Å². The van der Waals surface area contributed by atoms with Crippen LogP contribution in [-0.2, 0) is 0 Å². The Hall–Kier alpha value is -5.97. The van der Waals surface area contributed by atoms with Crippen molar-refractivity contribution in [3.63, 3.8) is 0 Å². The van der Waals surface area contributed by atoms with Crippen LogP contribution in [0.15, 0.2) is 170 Å². The summed E-state index contributed by atoms with van der Waals surface area (Å²) in [5.41, 5.74) is 5.64. The van der Waals surface area contributed by atoms with Gasteiger partial charge in [0.1, 0.15) is 5.82 Å². The van der Waals surface area contributed by atoms with Crippen molar-refractivity contribution in [2.75, 3.05) is 9.80 Å². The van der Waals surface area contributed by atoms with Crippen molar-refractivity contribution in [1.29, 1.82) is 0 Å². The lowest BCUT2D eigenvalue weighted by Gasteiger charge is -2.29. The van der Waals surface area contributed by atoms with Crippen LogP contribution in [0, 0.1) is 0 Å². The predicted octanol–water partition coefficient (Wildman–Crippen LogP) is 12.6. The molecule has 0 radical (unpaired) electrons. The van der Waals surface area contributed by atoms with Crippen LogP contribution in [0.1, 0.15) is 0 Å². The number of hydrogen-bond acceptors (Lipinski definition) is 3. The van der Waals surface area contributed by atoms with E-state index in [9.17, 15) is 0 Å². The Morgan fingerprint density at radius 3 is 1.48 bits per heavy atom. The second kappa shape index (κ2) is 11.9. The fourth-order valence-corrected chi connectivity index (χ4v) is 8.61. The first-order chi connectivity index (χ1) is 24.4. The summed E-state index contributed by atoms with van der Waals surface area (Å²) in [6, 6.07) is 59.5. The molecule has 0 saturated carbocycles. The molecular formula is C46H37N3Si. The number of benzene rings is 8. The maximum atomic E-state index is 5.02. The van der Waals surface area contributed by atoms with Gasteiger partial charge in [-0.3, -0.25) is 4.90 Å². The van der Waals surface area contributed by atoms with Gasteiger partial charge in [-0.15, -0.1) is 0 Å². The van der Waals surface area contributed by atoms with Crippen LogP contribution in [0.4, 0.5) is 34.3 Å². The maximum absolute atomic E-state index is 5.02. The van der Waals surface area contributed by atoms with E-state index in [1.165, 1.54) is 48.6 Å². The van der Waals surface area contributed by atoms with Crippen LogP contribution in [0.25, 0.3) is 43.1 Å². The molecule has 50 heavy (non-hydrogen) atoms. The summed E-state index contributed by atoms with van der Waals surface area (Å²) < 4.78 is 0. The third-order valence-corrected chi connectivity index (χ3v) is 12.0. The third-order valence-electron chi connectivity index (χ3n) is 9.97. The summed E-state index contributed by atoms with van der Waals surface area (Å²) in [6.45, 7) is 7.21. The van der Waals surface area contributed by atoms with E-state index in [2.05, 4.69) is 193 Å². The monoisotopic (exact) mass is 659 g/mol. The van der Waals surface area contributed by atoms with Gasteiger partial charge >= 0.3 is 0 Å². The van der Waals surface area contributed by atoms with E-state index in [1.54, 1.807) is 0 Å². The molecule has 0 aliphatic heterocycles. The van der Waals surface area contributed by atoms with E-state index in [4.69, 9.17) is 4.98 Å². The summed E-state index contributed by atoms with van der Waals surface area (Å²) in [5, 5.41) is 11.2. The number of fused-ring (bicyclic) bond motifs is 1. The van der Waals surface area contributed by atoms with Crippen molar-refractivity contribution in [1.82, 2.24) is 4.98 Å². The Morgan fingerprint density at radius 1 is 0.420 bits per heavy atom. The molecule has 4 heteroatoms. The molecule has 0 aliphatic carbocycles. The third kappa shape index (κ3) is 5.08. The number of para-hydroxylation sites is 2. The minimum atomic E-state index is -1.44. The first-order valence-corrected chi connectivity index (χ1v) is 20.8. The SMILES string of the molecule is C[Si](C)(C)c1ccc(N(c2ccccc2)c2ccc3ccc4c(N(c5ccccc5)c5cc6ccccc6cn5)ccc5ccc2c3c54)cc1. The summed E-state index contributed by atoms with van der Waals surface area (Å²) in [5.74, 6) is 0.891. The lowest BCUT2D eigenvalue weighted by molar-refractivity contribution is 1.20. The molecule has 0 spiro atoms. The standard InChI is InChI=1S/C46H37N3Si/c1-50(2,3)39-24-22-38(23-25-39)48(36-14-6-4-7-15-36)42-28-20-32-19-27-41-43(29-21-33-18-26-40(42)45(32)46(33)41)49(37-16-8-5-9-17-37)44-30-34-12-10-11-13-35(34)31-47-44/h4-31H,1-3H3. The van der Waals surface area contributed by atoms with Gasteiger partial charge in [0.15, 0.2) is 0 Å². The van der Waals surface area contributed by atoms with Crippen LogP contribution in [-0.4, -0.2) is 13.1 Å². The number of hydrogen-bond donors (Lipinski definition) is 0. The molecule has 8 aromatic carbocycles. The van der Waals surface area contributed by atoms with Gasteiger partial charge < -0.3 is 4.90 Å². The second-order valence-electron chi connectivity index (χ2n) is 14.1.